The van der Waals surface area contributed by atoms with Crippen LogP contribution in [0.25, 0.3) is 0 Å². The summed E-state index contributed by atoms with van der Waals surface area (Å²) in [5, 5.41) is 8.66. The first-order chi connectivity index (χ1) is 13.0. The first kappa shape index (κ1) is 19.7. The van der Waals surface area contributed by atoms with Gasteiger partial charge >= 0.3 is 0 Å². The molecule has 3 N–H and O–H groups in total. The normalized spacial score (nSPS) is 22.7. The van der Waals surface area contributed by atoms with Gasteiger partial charge in [0.15, 0.2) is 0 Å². The second-order valence-electron chi connectivity index (χ2n) is 7.26. The topological polar surface area (TPSA) is 87.3 Å². The van der Waals surface area contributed by atoms with E-state index in [2.05, 4.69) is 16.0 Å². The summed E-state index contributed by atoms with van der Waals surface area (Å²) in [6, 6.07) is 9.87. The third kappa shape index (κ3) is 4.83. The van der Waals surface area contributed by atoms with Crippen LogP contribution in [0.15, 0.2) is 35.2 Å². The highest BCUT2D eigenvalue weighted by molar-refractivity contribution is 7.99. The fourth-order valence-corrected chi connectivity index (χ4v) is 4.46. The lowest BCUT2D eigenvalue weighted by Crippen LogP contribution is -2.52. The van der Waals surface area contributed by atoms with Crippen LogP contribution in [0.2, 0.25) is 0 Å². The Morgan fingerprint density at radius 1 is 1.04 bits per heavy atom. The van der Waals surface area contributed by atoms with Gasteiger partial charge in [-0.1, -0.05) is 18.2 Å². The van der Waals surface area contributed by atoms with Gasteiger partial charge in [0.05, 0.1) is 0 Å². The minimum atomic E-state index is -0.891. The highest BCUT2D eigenvalue weighted by Gasteiger charge is 2.56. The van der Waals surface area contributed by atoms with Crippen molar-refractivity contribution in [2.45, 2.75) is 55.5 Å². The molecule has 7 heteroatoms. The molecule has 0 aliphatic heterocycles. The second kappa shape index (κ2) is 8.78. The van der Waals surface area contributed by atoms with E-state index in [9.17, 15) is 14.4 Å². The number of hydrogen-bond donors (Lipinski definition) is 3. The average molecular weight is 390 g/mol. The first-order valence-corrected chi connectivity index (χ1v) is 10.5. The number of benzene rings is 1. The van der Waals surface area contributed by atoms with E-state index in [0.717, 1.165) is 29.9 Å². The molecule has 1 aromatic carbocycles. The zero-order chi connectivity index (χ0) is 19.3. The molecule has 0 saturated heterocycles. The van der Waals surface area contributed by atoms with Crippen molar-refractivity contribution < 1.29 is 14.4 Å². The van der Waals surface area contributed by atoms with Crippen molar-refractivity contribution in [2.75, 3.05) is 12.8 Å². The fourth-order valence-electron chi connectivity index (χ4n) is 3.59. The minimum Gasteiger partial charge on any atom is -0.358 e. The molecule has 0 unspecified atom stereocenters. The lowest BCUT2D eigenvalue weighted by molar-refractivity contribution is -0.137. The van der Waals surface area contributed by atoms with Crippen molar-refractivity contribution in [3.8, 4) is 0 Å². The average Bonchev–Trinajstić information content (AvgIpc) is 3.39. The van der Waals surface area contributed by atoms with Crippen molar-refractivity contribution in [1.82, 2.24) is 16.0 Å². The molecule has 2 saturated carbocycles. The van der Waals surface area contributed by atoms with Crippen molar-refractivity contribution in [3.05, 3.63) is 30.3 Å². The van der Waals surface area contributed by atoms with Crippen LogP contribution in [0.4, 0.5) is 0 Å². The number of nitrogens with one attached hydrogen (secondary N) is 3. The predicted octanol–water partition coefficient (Wildman–Crippen LogP) is 1.85. The van der Waals surface area contributed by atoms with Gasteiger partial charge in [0.1, 0.15) is 5.41 Å². The van der Waals surface area contributed by atoms with Crippen LogP contribution in [-0.2, 0) is 14.4 Å². The van der Waals surface area contributed by atoms with Gasteiger partial charge in [-0.05, 0) is 44.2 Å². The molecule has 27 heavy (non-hydrogen) atoms. The molecule has 0 spiro atoms. The summed E-state index contributed by atoms with van der Waals surface area (Å²) in [7, 11) is 1.56. The zero-order valence-electron chi connectivity index (χ0n) is 15.6. The minimum absolute atomic E-state index is 0.0111. The Labute approximate surface area is 164 Å². The summed E-state index contributed by atoms with van der Waals surface area (Å²) in [4.78, 5) is 38.0. The summed E-state index contributed by atoms with van der Waals surface area (Å²) in [6.07, 6.45) is 4.28. The van der Waals surface area contributed by atoms with Gasteiger partial charge in [-0.2, -0.15) is 0 Å². The van der Waals surface area contributed by atoms with Crippen LogP contribution in [0, 0.1) is 5.41 Å². The van der Waals surface area contributed by atoms with Gasteiger partial charge in [0.2, 0.25) is 17.7 Å². The van der Waals surface area contributed by atoms with Crippen molar-refractivity contribution in [3.63, 3.8) is 0 Å². The summed E-state index contributed by atoms with van der Waals surface area (Å²) in [5.74, 6) is 0.320. The second-order valence-corrected chi connectivity index (χ2v) is 8.43. The van der Waals surface area contributed by atoms with Crippen LogP contribution in [0.5, 0.6) is 0 Å². The third-order valence-electron chi connectivity index (χ3n) is 5.37. The number of hydrogen-bond acceptors (Lipinski definition) is 4. The number of amides is 3. The standard InChI is InChI=1S/C20H27N3O3S/c1-21-18(25)20(11-12-20)19(26)23-16-9-5-8-15(16)22-17(24)10-13-27-14-6-3-2-4-7-14/h2-4,6-7,15-16H,5,8-13H2,1H3,(H,21,25)(H,22,24)(H,23,26)/t15-,16+/m0/s1. The third-order valence-corrected chi connectivity index (χ3v) is 6.38. The molecule has 146 valence electrons. The van der Waals surface area contributed by atoms with Gasteiger partial charge in [0, 0.05) is 36.2 Å². The van der Waals surface area contributed by atoms with Crippen LogP contribution in [-0.4, -0.2) is 42.6 Å². The molecular formula is C20H27N3O3S. The summed E-state index contributed by atoms with van der Waals surface area (Å²) in [5.41, 5.74) is -0.891. The molecule has 3 amide bonds. The molecule has 2 fully saturated rings. The number of rotatable bonds is 8. The Balaban J connectivity index is 1.44. The van der Waals surface area contributed by atoms with E-state index < -0.39 is 5.41 Å². The molecule has 0 aromatic heterocycles. The maximum absolute atomic E-state index is 12.6. The molecule has 6 nitrogen and oxygen atoms in total. The van der Waals surface area contributed by atoms with Crippen molar-refractivity contribution in [1.29, 1.82) is 0 Å². The predicted molar refractivity (Wildman–Crippen MR) is 105 cm³/mol. The molecule has 1 aromatic rings. The SMILES string of the molecule is CNC(=O)C1(C(=O)N[C@@H]2CCC[C@@H]2NC(=O)CCSc2ccccc2)CC1. The van der Waals surface area contributed by atoms with E-state index in [1.54, 1.807) is 18.8 Å². The molecule has 2 atom stereocenters. The van der Waals surface area contributed by atoms with E-state index in [4.69, 9.17) is 0 Å². The van der Waals surface area contributed by atoms with E-state index in [-0.39, 0.29) is 29.8 Å². The Morgan fingerprint density at radius 2 is 1.70 bits per heavy atom. The molecule has 2 aliphatic carbocycles. The highest BCUT2D eigenvalue weighted by atomic mass is 32.2. The molecule has 3 rings (SSSR count). The number of thioether (sulfide) groups is 1. The Morgan fingerprint density at radius 3 is 2.33 bits per heavy atom. The van der Waals surface area contributed by atoms with Gasteiger partial charge in [0.25, 0.3) is 0 Å². The van der Waals surface area contributed by atoms with Crippen LogP contribution >= 0.6 is 11.8 Å². The van der Waals surface area contributed by atoms with Crippen LogP contribution < -0.4 is 16.0 Å². The fraction of sp³-hybridized carbons (Fsp3) is 0.550. The van der Waals surface area contributed by atoms with Crippen molar-refractivity contribution >= 4 is 29.5 Å². The Kier molecular flexibility index (Phi) is 6.42. The zero-order valence-corrected chi connectivity index (χ0v) is 16.4. The maximum atomic E-state index is 12.6. The van der Waals surface area contributed by atoms with E-state index >= 15 is 0 Å². The molecule has 0 radical (unpaired) electrons. The number of carbonyl (C=O) groups excluding carboxylic acids is 3. The van der Waals surface area contributed by atoms with E-state index in [1.165, 1.54) is 0 Å². The summed E-state index contributed by atoms with van der Waals surface area (Å²) in [6.45, 7) is 0. The highest BCUT2D eigenvalue weighted by Crippen LogP contribution is 2.46. The maximum Gasteiger partial charge on any atom is 0.235 e. The van der Waals surface area contributed by atoms with Crippen molar-refractivity contribution in [2.24, 2.45) is 5.41 Å². The monoisotopic (exact) mass is 389 g/mol. The molecule has 2 aliphatic rings. The largest absolute Gasteiger partial charge is 0.358 e. The molecule has 0 heterocycles. The Hall–Kier alpha value is -2.02. The van der Waals surface area contributed by atoms with Gasteiger partial charge < -0.3 is 16.0 Å². The smallest absolute Gasteiger partial charge is 0.235 e. The van der Waals surface area contributed by atoms with Gasteiger partial charge in [-0.3, -0.25) is 14.4 Å². The van der Waals surface area contributed by atoms with Gasteiger partial charge in [-0.25, -0.2) is 0 Å². The van der Waals surface area contributed by atoms with E-state index in [0.29, 0.717) is 19.3 Å². The van der Waals surface area contributed by atoms with Crippen LogP contribution in [0.1, 0.15) is 38.5 Å². The first-order valence-electron chi connectivity index (χ1n) is 9.55. The summed E-state index contributed by atoms with van der Waals surface area (Å²) >= 11 is 1.66. The van der Waals surface area contributed by atoms with Gasteiger partial charge in [-0.15, -0.1) is 11.8 Å². The lowest BCUT2D eigenvalue weighted by Gasteiger charge is -2.24. The summed E-state index contributed by atoms with van der Waals surface area (Å²) < 4.78 is 0. The Bertz CT molecular complexity index is 691. The lowest BCUT2D eigenvalue weighted by atomic mass is 10.0. The molecule has 0 bridgehead atoms. The van der Waals surface area contributed by atoms with Crippen LogP contribution in [0.3, 0.4) is 0 Å². The molecular weight excluding hydrogens is 362 g/mol. The quantitative estimate of drug-likeness (QED) is 0.468. The number of carbonyl (C=O) groups is 3. The van der Waals surface area contributed by atoms with E-state index in [1.807, 2.05) is 30.3 Å².